The van der Waals surface area contributed by atoms with E-state index in [1.807, 2.05) is 0 Å². The minimum atomic E-state index is -0.635. The first kappa shape index (κ1) is 16.1. The molecule has 8 heteroatoms. The van der Waals surface area contributed by atoms with Gasteiger partial charge in [0.25, 0.3) is 0 Å². The zero-order valence-electron chi connectivity index (χ0n) is 12.5. The highest BCUT2D eigenvalue weighted by molar-refractivity contribution is 5.81. The minimum Gasteiger partial charge on any atom is -0.443 e. The summed E-state index contributed by atoms with van der Waals surface area (Å²) in [5.74, 6) is 0. The van der Waals surface area contributed by atoms with Gasteiger partial charge in [0.05, 0.1) is 19.1 Å². The van der Waals surface area contributed by atoms with Crippen LogP contribution in [-0.2, 0) is 23.1 Å². The Hall–Kier alpha value is -1.96. The van der Waals surface area contributed by atoms with Gasteiger partial charge in [-0.2, -0.15) is 0 Å². The van der Waals surface area contributed by atoms with Crippen LogP contribution in [-0.4, -0.2) is 44.2 Å². The Morgan fingerprint density at radius 2 is 2.25 bits per heavy atom. The van der Waals surface area contributed by atoms with Gasteiger partial charge in [-0.3, -0.25) is 10.1 Å². The summed E-state index contributed by atoms with van der Waals surface area (Å²) in [6, 6.07) is 0. The summed E-state index contributed by atoms with van der Waals surface area (Å²) in [6.45, 7) is 7.14. The molecule has 1 N–H and O–H groups in total. The predicted molar refractivity (Wildman–Crippen MR) is 72.1 cm³/mol. The first-order valence-corrected chi connectivity index (χ1v) is 6.21. The van der Waals surface area contributed by atoms with Crippen LogP contribution >= 0.6 is 0 Å². The Balaban J connectivity index is 2.56. The van der Waals surface area contributed by atoms with Gasteiger partial charge in [-0.15, -0.1) is 5.10 Å². The van der Waals surface area contributed by atoms with Gasteiger partial charge in [0, 0.05) is 7.05 Å². The van der Waals surface area contributed by atoms with Gasteiger partial charge < -0.3 is 9.47 Å². The smallest absolute Gasteiger partial charge is 0.417 e. The molecule has 0 aliphatic rings. The summed E-state index contributed by atoms with van der Waals surface area (Å²) in [4.78, 5) is 13.0. The summed E-state index contributed by atoms with van der Waals surface area (Å²) >= 11 is 0. The third-order valence-corrected chi connectivity index (χ3v) is 2.26. The summed E-state index contributed by atoms with van der Waals surface area (Å²) in [7, 11) is 1.75. The van der Waals surface area contributed by atoms with Crippen molar-refractivity contribution in [1.82, 2.24) is 19.9 Å². The van der Waals surface area contributed by atoms with Crippen molar-refractivity contribution in [1.29, 1.82) is 5.41 Å². The van der Waals surface area contributed by atoms with Crippen molar-refractivity contribution in [3.8, 4) is 0 Å². The van der Waals surface area contributed by atoms with E-state index < -0.39 is 17.9 Å². The van der Waals surface area contributed by atoms with E-state index in [1.54, 1.807) is 45.6 Å². The number of hydrogen-bond donors (Lipinski definition) is 1. The zero-order valence-corrected chi connectivity index (χ0v) is 12.5. The maximum Gasteiger partial charge on any atom is 0.417 e. The van der Waals surface area contributed by atoms with E-state index in [4.69, 9.17) is 14.9 Å². The molecule has 1 unspecified atom stereocenters. The van der Waals surface area contributed by atoms with Crippen LogP contribution in [0.2, 0.25) is 0 Å². The molecule has 8 nitrogen and oxygen atoms in total. The molecule has 1 aromatic heterocycles. The summed E-state index contributed by atoms with van der Waals surface area (Å²) in [5, 5.41) is 15.0. The van der Waals surface area contributed by atoms with Crippen molar-refractivity contribution in [3.63, 3.8) is 0 Å². The Bertz CT molecular complexity index is 466. The van der Waals surface area contributed by atoms with E-state index in [0.717, 1.165) is 11.2 Å². The van der Waals surface area contributed by atoms with Gasteiger partial charge in [-0.25, -0.2) is 9.69 Å². The lowest BCUT2D eigenvalue weighted by atomic mass is 10.2. The van der Waals surface area contributed by atoms with E-state index in [-0.39, 0.29) is 6.61 Å². The summed E-state index contributed by atoms with van der Waals surface area (Å²) < 4.78 is 12.2. The Morgan fingerprint density at radius 3 is 2.70 bits per heavy atom. The van der Waals surface area contributed by atoms with Gasteiger partial charge in [-0.05, 0) is 27.7 Å². The molecule has 1 amide bonds. The highest BCUT2D eigenvalue weighted by Gasteiger charge is 2.25. The zero-order chi connectivity index (χ0) is 15.3. The Kier molecular flexibility index (Phi) is 5.20. The molecule has 0 saturated heterocycles. The number of amides is 1. The molecular formula is C12H21N5O3. The largest absolute Gasteiger partial charge is 0.443 e. The molecule has 0 aliphatic carbocycles. The topological polar surface area (TPSA) is 93.3 Å². The number of aryl methyl sites for hydroxylation is 1. The first-order valence-electron chi connectivity index (χ1n) is 6.21. The van der Waals surface area contributed by atoms with Crippen LogP contribution < -0.4 is 0 Å². The fourth-order valence-corrected chi connectivity index (χ4v) is 1.37. The molecule has 1 atom stereocenters. The van der Waals surface area contributed by atoms with E-state index in [0.29, 0.717) is 5.69 Å². The Morgan fingerprint density at radius 1 is 1.60 bits per heavy atom. The van der Waals surface area contributed by atoms with E-state index in [2.05, 4.69) is 10.3 Å². The number of aromatic nitrogens is 3. The molecule has 0 radical (unpaired) electrons. The van der Waals surface area contributed by atoms with Crippen LogP contribution in [0.4, 0.5) is 4.79 Å². The van der Waals surface area contributed by atoms with Crippen molar-refractivity contribution < 1.29 is 14.3 Å². The van der Waals surface area contributed by atoms with Crippen molar-refractivity contribution >= 4 is 12.4 Å². The van der Waals surface area contributed by atoms with Crippen molar-refractivity contribution in [2.75, 3.05) is 0 Å². The lowest BCUT2D eigenvalue weighted by Crippen LogP contribution is -2.42. The average Bonchev–Trinajstić information content (AvgIpc) is 2.71. The molecule has 0 aliphatic heterocycles. The summed E-state index contributed by atoms with van der Waals surface area (Å²) in [5.41, 5.74) is 0.0247. The Labute approximate surface area is 118 Å². The van der Waals surface area contributed by atoms with E-state index in [9.17, 15) is 4.79 Å². The molecule has 0 bridgehead atoms. The van der Waals surface area contributed by atoms with Crippen LogP contribution in [0.3, 0.4) is 0 Å². The number of carbonyl (C=O) groups excluding carboxylic acids is 1. The van der Waals surface area contributed by atoms with Crippen LogP contribution in [0.5, 0.6) is 0 Å². The van der Waals surface area contributed by atoms with Crippen molar-refractivity contribution in [2.45, 2.75) is 46.1 Å². The average molecular weight is 283 g/mol. The molecule has 1 heterocycles. The first-order chi connectivity index (χ1) is 9.23. The van der Waals surface area contributed by atoms with Crippen LogP contribution in [0.1, 0.15) is 33.4 Å². The maximum absolute atomic E-state index is 11.9. The number of carbonyl (C=O) groups is 1. The second kappa shape index (κ2) is 6.47. The SMILES string of the molecule is CC(OCc1cn(C)nn1)N(C=N)C(=O)OC(C)(C)C. The number of hydrogen-bond acceptors (Lipinski definition) is 6. The lowest BCUT2D eigenvalue weighted by molar-refractivity contribution is -0.0380. The van der Waals surface area contributed by atoms with Gasteiger partial charge >= 0.3 is 6.09 Å². The van der Waals surface area contributed by atoms with Crippen molar-refractivity contribution in [3.05, 3.63) is 11.9 Å². The number of ether oxygens (including phenoxy) is 2. The lowest BCUT2D eigenvalue weighted by Gasteiger charge is -2.28. The second-order valence-electron chi connectivity index (χ2n) is 5.31. The molecular weight excluding hydrogens is 262 g/mol. The maximum atomic E-state index is 11.9. The quantitative estimate of drug-likeness (QED) is 0.502. The monoisotopic (exact) mass is 283 g/mol. The van der Waals surface area contributed by atoms with Gasteiger partial charge in [0.2, 0.25) is 0 Å². The molecule has 0 spiro atoms. The molecule has 0 fully saturated rings. The number of nitrogens with one attached hydrogen (secondary N) is 1. The minimum absolute atomic E-state index is 0.197. The van der Waals surface area contributed by atoms with Gasteiger partial charge in [0.15, 0.2) is 0 Å². The molecule has 0 aromatic carbocycles. The third-order valence-electron chi connectivity index (χ3n) is 2.26. The summed E-state index contributed by atoms with van der Waals surface area (Å²) in [6.07, 6.45) is 1.34. The van der Waals surface area contributed by atoms with Gasteiger partial charge in [0.1, 0.15) is 17.5 Å². The van der Waals surface area contributed by atoms with Crippen LogP contribution in [0.15, 0.2) is 6.20 Å². The normalized spacial score (nSPS) is 12.8. The fraction of sp³-hybridized carbons (Fsp3) is 0.667. The van der Waals surface area contributed by atoms with Crippen LogP contribution in [0.25, 0.3) is 0 Å². The standard InChI is InChI=1S/C12H21N5O3/c1-9(19-7-10-6-16(5)15-14-10)17(8-13)11(18)20-12(2,3)4/h6,8-9,13H,7H2,1-5H3. The number of rotatable bonds is 5. The van der Waals surface area contributed by atoms with E-state index in [1.165, 1.54) is 0 Å². The van der Waals surface area contributed by atoms with E-state index >= 15 is 0 Å². The molecule has 1 aromatic rings. The van der Waals surface area contributed by atoms with Gasteiger partial charge in [-0.1, -0.05) is 5.21 Å². The predicted octanol–water partition coefficient (Wildman–Crippen LogP) is 1.52. The van der Waals surface area contributed by atoms with Crippen LogP contribution in [0, 0.1) is 5.41 Å². The molecule has 112 valence electrons. The van der Waals surface area contributed by atoms with Crippen molar-refractivity contribution in [2.24, 2.45) is 7.05 Å². The molecule has 0 saturated carbocycles. The third kappa shape index (κ3) is 4.96. The highest BCUT2D eigenvalue weighted by Crippen LogP contribution is 2.12. The molecule has 1 rings (SSSR count). The number of nitrogens with zero attached hydrogens (tertiary/aromatic N) is 4. The fourth-order valence-electron chi connectivity index (χ4n) is 1.37. The molecule has 20 heavy (non-hydrogen) atoms. The second-order valence-corrected chi connectivity index (χ2v) is 5.31. The highest BCUT2D eigenvalue weighted by atomic mass is 16.6.